The van der Waals surface area contributed by atoms with Crippen molar-refractivity contribution in [1.82, 2.24) is 25.4 Å². The van der Waals surface area contributed by atoms with Gasteiger partial charge < -0.3 is 15.0 Å². The first-order valence-electron chi connectivity index (χ1n) is 10.1. The van der Waals surface area contributed by atoms with Crippen LogP contribution in [0, 0.1) is 5.92 Å². The Kier molecular flexibility index (Phi) is 7.55. The first kappa shape index (κ1) is 20.9. The molecule has 1 aromatic rings. The van der Waals surface area contributed by atoms with Gasteiger partial charge in [-0.1, -0.05) is 18.7 Å². The zero-order chi connectivity index (χ0) is 19.9. The minimum atomic E-state index is -0.475. The third-order valence-corrected chi connectivity index (χ3v) is 6.06. The number of carbonyl (C=O) groups is 2. The fraction of sp³-hybridized carbons (Fsp3) is 0.778. The Hall–Kier alpha value is -1.81. The number of carbonyl (C=O) groups excluding carboxylic acids is 2. The van der Waals surface area contributed by atoms with Crippen LogP contribution in [0.25, 0.3) is 0 Å². The van der Waals surface area contributed by atoms with Gasteiger partial charge in [0.1, 0.15) is 0 Å². The van der Waals surface area contributed by atoms with Gasteiger partial charge >= 0.3 is 6.03 Å². The molecule has 2 aliphatic heterocycles. The normalized spacial score (nSPS) is 20.4. The molecule has 0 spiro atoms. The second-order valence-electron chi connectivity index (χ2n) is 7.39. The first-order chi connectivity index (χ1) is 13.6. The highest BCUT2D eigenvalue weighted by atomic mass is 32.2. The molecule has 3 amide bonds. The summed E-state index contributed by atoms with van der Waals surface area (Å²) in [6, 6.07) is -0.475. The van der Waals surface area contributed by atoms with Crippen molar-refractivity contribution in [2.24, 2.45) is 5.92 Å². The van der Waals surface area contributed by atoms with Gasteiger partial charge in [-0.2, -0.15) is 0 Å². The number of aromatic nitrogens is 3. The molecule has 28 heavy (non-hydrogen) atoms. The Labute approximate surface area is 170 Å². The lowest BCUT2D eigenvalue weighted by atomic mass is 10.00. The van der Waals surface area contributed by atoms with Crippen molar-refractivity contribution >= 4 is 29.6 Å². The van der Waals surface area contributed by atoms with Gasteiger partial charge in [0.15, 0.2) is 5.16 Å². The summed E-state index contributed by atoms with van der Waals surface area (Å²) in [7, 11) is 0. The van der Waals surface area contributed by atoms with Crippen molar-refractivity contribution in [3.8, 4) is 0 Å². The predicted octanol–water partition coefficient (Wildman–Crippen LogP) is 1.63. The second-order valence-corrected chi connectivity index (χ2v) is 8.34. The number of amides is 3. The Balaban J connectivity index is 1.67. The van der Waals surface area contributed by atoms with Crippen LogP contribution >= 0.6 is 11.8 Å². The molecule has 0 saturated carbocycles. The predicted molar refractivity (Wildman–Crippen MR) is 108 cm³/mol. The lowest BCUT2D eigenvalue weighted by Gasteiger charge is -2.31. The van der Waals surface area contributed by atoms with Crippen LogP contribution in [0.5, 0.6) is 0 Å². The minimum absolute atomic E-state index is 0.109. The van der Waals surface area contributed by atoms with Crippen molar-refractivity contribution in [1.29, 1.82) is 0 Å². The van der Waals surface area contributed by atoms with E-state index in [0.717, 1.165) is 57.2 Å². The van der Waals surface area contributed by atoms with Crippen LogP contribution in [-0.2, 0) is 16.1 Å². The molecule has 1 aromatic heterocycles. The van der Waals surface area contributed by atoms with Crippen molar-refractivity contribution in [3.05, 3.63) is 0 Å². The maximum atomic E-state index is 12.0. The van der Waals surface area contributed by atoms with Gasteiger partial charge in [-0.15, -0.1) is 10.2 Å². The molecular formula is C18H30N6O3S. The Morgan fingerprint density at radius 3 is 2.71 bits per heavy atom. The molecule has 3 heterocycles. The molecule has 156 valence electrons. The summed E-state index contributed by atoms with van der Waals surface area (Å²) in [5, 5.41) is 14.3. The van der Waals surface area contributed by atoms with E-state index in [1.54, 1.807) is 6.92 Å². The minimum Gasteiger partial charge on any atom is -0.376 e. The van der Waals surface area contributed by atoms with Crippen LogP contribution in [0.15, 0.2) is 5.16 Å². The van der Waals surface area contributed by atoms with Crippen LogP contribution in [0.1, 0.15) is 39.5 Å². The summed E-state index contributed by atoms with van der Waals surface area (Å²) in [6.07, 6.45) is 4.54. The molecule has 2 saturated heterocycles. The molecule has 1 atom stereocenters. The number of anilines is 1. The average Bonchev–Trinajstić information content (AvgIpc) is 3.31. The molecule has 10 heteroatoms. The molecule has 2 fully saturated rings. The van der Waals surface area contributed by atoms with Crippen molar-refractivity contribution in [2.75, 3.05) is 36.9 Å². The van der Waals surface area contributed by atoms with Crippen molar-refractivity contribution < 1.29 is 14.3 Å². The van der Waals surface area contributed by atoms with E-state index < -0.39 is 6.03 Å². The molecule has 2 N–H and O–H groups in total. The number of hydrogen-bond acceptors (Lipinski definition) is 7. The Morgan fingerprint density at radius 1 is 1.25 bits per heavy atom. The zero-order valence-corrected chi connectivity index (χ0v) is 17.5. The lowest BCUT2D eigenvalue weighted by molar-refractivity contribution is -0.117. The summed E-state index contributed by atoms with van der Waals surface area (Å²) in [6.45, 7) is 7.97. The zero-order valence-electron chi connectivity index (χ0n) is 16.6. The van der Waals surface area contributed by atoms with Gasteiger partial charge in [-0.25, -0.2) is 4.79 Å². The van der Waals surface area contributed by atoms with Gasteiger partial charge in [0, 0.05) is 26.2 Å². The highest BCUT2D eigenvalue weighted by Gasteiger charge is 2.26. The van der Waals surface area contributed by atoms with Gasteiger partial charge in [0.25, 0.3) is 0 Å². The van der Waals surface area contributed by atoms with Crippen LogP contribution in [-0.4, -0.2) is 64.8 Å². The smallest absolute Gasteiger partial charge is 0.321 e. The molecule has 0 aromatic carbocycles. The maximum Gasteiger partial charge on any atom is 0.321 e. The third-order valence-electron chi connectivity index (χ3n) is 5.10. The fourth-order valence-electron chi connectivity index (χ4n) is 3.48. The van der Waals surface area contributed by atoms with E-state index >= 15 is 0 Å². The number of urea groups is 1. The van der Waals surface area contributed by atoms with E-state index in [1.165, 1.54) is 11.8 Å². The van der Waals surface area contributed by atoms with Gasteiger partial charge in [-0.3, -0.25) is 14.7 Å². The van der Waals surface area contributed by atoms with Crippen LogP contribution in [0.2, 0.25) is 0 Å². The summed E-state index contributed by atoms with van der Waals surface area (Å²) >= 11 is 1.30. The number of nitrogens with zero attached hydrogens (tertiary/aromatic N) is 4. The number of rotatable bonds is 7. The molecule has 9 nitrogen and oxygen atoms in total. The molecule has 0 radical (unpaired) electrons. The Morgan fingerprint density at radius 2 is 2.04 bits per heavy atom. The molecule has 3 rings (SSSR count). The number of piperidine rings is 1. The number of ether oxygens (including phenoxy) is 1. The van der Waals surface area contributed by atoms with Gasteiger partial charge in [-0.05, 0) is 38.5 Å². The van der Waals surface area contributed by atoms with E-state index in [4.69, 9.17) is 4.74 Å². The second kappa shape index (κ2) is 10.1. The van der Waals surface area contributed by atoms with E-state index in [0.29, 0.717) is 18.2 Å². The van der Waals surface area contributed by atoms with E-state index in [1.807, 2.05) is 0 Å². The molecule has 0 bridgehead atoms. The molecule has 2 aliphatic rings. The van der Waals surface area contributed by atoms with E-state index in [2.05, 4.69) is 37.2 Å². The molecule has 0 unspecified atom stereocenters. The number of imide groups is 1. The fourth-order valence-corrected chi connectivity index (χ4v) is 4.22. The van der Waals surface area contributed by atoms with Gasteiger partial charge in [0.05, 0.1) is 18.4 Å². The third kappa shape index (κ3) is 5.60. The standard InChI is InChI=1S/C18H30N6O3S/c1-3-19-16(26)20-15(25)12-28-18-22-21-17(23-8-6-13(2)7-9-23)24(18)11-14-5-4-10-27-14/h13-14H,3-12H2,1-2H3,(H2,19,20,25,26)/t14-/m0/s1. The average molecular weight is 411 g/mol. The number of nitrogens with one attached hydrogen (secondary N) is 2. The van der Waals surface area contributed by atoms with Crippen molar-refractivity contribution in [3.63, 3.8) is 0 Å². The van der Waals surface area contributed by atoms with E-state index in [-0.39, 0.29) is 17.8 Å². The van der Waals surface area contributed by atoms with Crippen LogP contribution < -0.4 is 15.5 Å². The highest BCUT2D eigenvalue weighted by molar-refractivity contribution is 7.99. The SMILES string of the molecule is CCNC(=O)NC(=O)CSc1nnc(N2CCC(C)CC2)n1C[C@@H]1CCCO1. The highest BCUT2D eigenvalue weighted by Crippen LogP contribution is 2.27. The number of hydrogen-bond donors (Lipinski definition) is 2. The molecule has 0 aliphatic carbocycles. The number of thioether (sulfide) groups is 1. The van der Waals surface area contributed by atoms with Crippen molar-refractivity contribution in [2.45, 2.75) is 57.3 Å². The largest absolute Gasteiger partial charge is 0.376 e. The Bertz CT molecular complexity index is 668. The summed E-state index contributed by atoms with van der Waals surface area (Å²) in [5.74, 6) is 1.35. The topological polar surface area (TPSA) is 101 Å². The van der Waals surface area contributed by atoms with E-state index in [9.17, 15) is 9.59 Å². The maximum absolute atomic E-state index is 12.0. The summed E-state index contributed by atoms with van der Waals surface area (Å²) < 4.78 is 7.89. The van der Waals surface area contributed by atoms with Crippen LogP contribution in [0.4, 0.5) is 10.7 Å². The quantitative estimate of drug-likeness (QED) is 0.659. The van der Waals surface area contributed by atoms with Gasteiger partial charge in [0.2, 0.25) is 11.9 Å². The lowest BCUT2D eigenvalue weighted by Crippen LogP contribution is -2.40. The molecular weight excluding hydrogens is 380 g/mol. The monoisotopic (exact) mass is 410 g/mol. The summed E-state index contributed by atoms with van der Waals surface area (Å²) in [4.78, 5) is 25.8. The first-order valence-corrected chi connectivity index (χ1v) is 11.1. The van der Waals surface area contributed by atoms with Crippen LogP contribution in [0.3, 0.4) is 0 Å². The summed E-state index contributed by atoms with van der Waals surface area (Å²) in [5.41, 5.74) is 0.